The molecule has 1 aromatic carbocycles. The minimum Gasteiger partial charge on any atom is -0.365 e. The van der Waals surface area contributed by atoms with Gasteiger partial charge >= 0.3 is 0 Å². The number of hydrogen-bond donors (Lipinski definition) is 1. The molecule has 1 aromatic heterocycles. The first-order valence-electron chi connectivity index (χ1n) is 5.47. The van der Waals surface area contributed by atoms with Crippen LogP contribution in [-0.2, 0) is 6.54 Å². The van der Waals surface area contributed by atoms with E-state index >= 15 is 0 Å². The van der Waals surface area contributed by atoms with E-state index in [9.17, 15) is 4.79 Å². The van der Waals surface area contributed by atoms with Crippen molar-refractivity contribution in [3.05, 3.63) is 47.7 Å². The van der Waals surface area contributed by atoms with Gasteiger partial charge in [0.05, 0.1) is 5.56 Å². The number of benzene rings is 1. The van der Waals surface area contributed by atoms with Crippen molar-refractivity contribution in [1.29, 1.82) is 0 Å². The molecule has 1 N–H and O–H groups in total. The summed E-state index contributed by atoms with van der Waals surface area (Å²) in [6.07, 6.45) is 4.20. The lowest BCUT2D eigenvalue weighted by Crippen LogP contribution is -2.05. The molecule has 0 radical (unpaired) electrons. The molecule has 0 spiro atoms. The van der Waals surface area contributed by atoms with E-state index in [0.717, 1.165) is 11.8 Å². The summed E-state index contributed by atoms with van der Waals surface area (Å²) in [7, 11) is 0. The smallest absolute Gasteiger partial charge is 0.189 e. The molecule has 0 saturated carbocycles. The SMILES string of the molecule is CSc1ncc(C=O)c(NCc2ccccc2)n1. The molecule has 92 valence electrons. The summed E-state index contributed by atoms with van der Waals surface area (Å²) in [5.74, 6) is 0.577. The first-order valence-corrected chi connectivity index (χ1v) is 6.70. The van der Waals surface area contributed by atoms with Crippen LogP contribution in [0.15, 0.2) is 41.7 Å². The second kappa shape index (κ2) is 6.16. The third kappa shape index (κ3) is 3.07. The Morgan fingerprint density at radius 1 is 1.33 bits per heavy atom. The number of aldehydes is 1. The highest BCUT2D eigenvalue weighted by Gasteiger charge is 2.05. The van der Waals surface area contributed by atoms with Crippen LogP contribution in [0.1, 0.15) is 15.9 Å². The number of nitrogens with zero attached hydrogens (tertiary/aromatic N) is 2. The van der Waals surface area contributed by atoms with Gasteiger partial charge < -0.3 is 5.32 Å². The van der Waals surface area contributed by atoms with Crippen LogP contribution in [0.3, 0.4) is 0 Å². The Balaban J connectivity index is 2.15. The number of rotatable bonds is 5. The average Bonchev–Trinajstić information content (AvgIpc) is 2.45. The van der Waals surface area contributed by atoms with Gasteiger partial charge in [-0.3, -0.25) is 4.79 Å². The quantitative estimate of drug-likeness (QED) is 0.508. The summed E-state index contributed by atoms with van der Waals surface area (Å²) in [6, 6.07) is 9.96. The van der Waals surface area contributed by atoms with Crippen molar-refractivity contribution in [2.45, 2.75) is 11.7 Å². The molecule has 0 amide bonds. The normalized spacial score (nSPS) is 10.1. The molecular formula is C13H13N3OS. The Labute approximate surface area is 110 Å². The maximum atomic E-state index is 10.9. The van der Waals surface area contributed by atoms with Gasteiger partial charge in [-0.2, -0.15) is 0 Å². The number of anilines is 1. The Hall–Kier alpha value is -1.88. The van der Waals surface area contributed by atoms with Crippen LogP contribution in [-0.4, -0.2) is 22.5 Å². The van der Waals surface area contributed by atoms with Gasteiger partial charge in [0, 0.05) is 12.7 Å². The van der Waals surface area contributed by atoms with Crippen LogP contribution >= 0.6 is 11.8 Å². The summed E-state index contributed by atoms with van der Waals surface area (Å²) in [4.78, 5) is 19.3. The van der Waals surface area contributed by atoms with Gasteiger partial charge in [-0.1, -0.05) is 42.1 Å². The third-order valence-corrected chi connectivity index (χ3v) is 2.97. The van der Waals surface area contributed by atoms with E-state index in [1.54, 1.807) is 6.20 Å². The highest BCUT2D eigenvalue weighted by molar-refractivity contribution is 7.98. The molecule has 2 aromatic rings. The van der Waals surface area contributed by atoms with E-state index in [4.69, 9.17) is 0 Å². The number of carbonyl (C=O) groups is 1. The Morgan fingerprint density at radius 3 is 2.78 bits per heavy atom. The molecule has 1 heterocycles. The summed E-state index contributed by atoms with van der Waals surface area (Å²) < 4.78 is 0. The van der Waals surface area contributed by atoms with E-state index in [1.807, 2.05) is 36.6 Å². The van der Waals surface area contributed by atoms with Crippen molar-refractivity contribution >= 4 is 23.9 Å². The molecule has 5 heteroatoms. The van der Waals surface area contributed by atoms with E-state index in [1.165, 1.54) is 11.8 Å². The van der Waals surface area contributed by atoms with Crippen molar-refractivity contribution in [3.8, 4) is 0 Å². The lowest BCUT2D eigenvalue weighted by atomic mass is 10.2. The number of thioether (sulfide) groups is 1. The van der Waals surface area contributed by atoms with Crippen molar-refractivity contribution in [3.63, 3.8) is 0 Å². The predicted octanol–water partition coefficient (Wildman–Crippen LogP) is 2.62. The molecule has 0 fully saturated rings. The van der Waals surface area contributed by atoms with Gasteiger partial charge in [0.1, 0.15) is 5.82 Å². The summed E-state index contributed by atoms with van der Waals surface area (Å²) in [5.41, 5.74) is 1.61. The number of nitrogens with one attached hydrogen (secondary N) is 1. The van der Waals surface area contributed by atoms with Crippen molar-refractivity contribution < 1.29 is 4.79 Å². The topological polar surface area (TPSA) is 54.9 Å². The predicted molar refractivity (Wildman–Crippen MR) is 73.0 cm³/mol. The van der Waals surface area contributed by atoms with E-state index in [2.05, 4.69) is 15.3 Å². The van der Waals surface area contributed by atoms with Gasteiger partial charge in [-0.25, -0.2) is 9.97 Å². The molecule has 0 saturated heterocycles. The van der Waals surface area contributed by atoms with Crippen LogP contribution in [0.5, 0.6) is 0 Å². The standard InChI is InChI=1S/C13H13N3OS/c1-18-13-15-8-11(9-17)12(16-13)14-7-10-5-3-2-4-6-10/h2-6,8-9H,7H2,1H3,(H,14,15,16). The third-order valence-electron chi connectivity index (χ3n) is 2.41. The summed E-state index contributed by atoms with van der Waals surface area (Å²) in [6.45, 7) is 0.631. The van der Waals surface area contributed by atoms with Gasteiger partial charge in [0.2, 0.25) is 0 Å². The van der Waals surface area contributed by atoms with Crippen LogP contribution in [0.4, 0.5) is 5.82 Å². The number of carbonyl (C=O) groups excluding carboxylic acids is 1. The maximum Gasteiger partial charge on any atom is 0.189 e. The zero-order chi connectivity index (χ0) is 12.8. The highest BCUT2D eigenvalue weighted by atomic mass is 32.2. The molecule has 0 bridgehead atoms. The monoisotopic (exact) mass is 259 g/mol. The molecule has 0 aliphatic carbocycles. The molecule has 0 aliphatic rings. The lowest BCUT2D eigenvalue weighted by Gasteiger charge is -2.08. The van der Waals surface area contributed by atoms with Crippen LogP contribution in [0.2, 0.25) is 0 Å². The van der Waals surface area contributed by atoms with Gasteiger partial charge in [-0.15, -0.1) is 0 Å². The molecule has 2 rings (SSSR count). The maximum absolute atomic E-state index is 10.9. The Morgan fingerprint density at radius 2 is 2.11 bits per heavy atom. The zero-order valence-corrected chi connectivity index (χ0v) is 10.8. The fraction of sp³-hybridized carbons (Fsp3) is 0.154. The Kier molecular flexibility index (Phi) is 4.30. The van der Waals surface area contributed by atoms with E-state index in [0.29, 0.717) is 23.1 Å². The lowest BCUT2D eigenvalue weighted by molar-refractivity contribution is 0.112. The van der Waals surface area contributed by atoms with E-state index in [-0.39, 0.29) is 0 Å². The van der Waals surface area contributed by atoms with Crippen molar-refractivity contribution in [2.75, 3.05) is 11.6 Å². The fourth-order valence-electron chi connectivity index (χ4n) is 1.48. The molecule has 4 nitrogen and oxygen atoms in total. The average molecular weight is 259 g/mol. The fourth-order valence-corrected chi connectivity index (χ4v) is 1.82. The zero-order valence-electron chi connectivity index (χ0n) is 9.96. The van der Waals surface area contributed by atoms with Gasteiger partial charge in [0.15, 0.2) is 11.4 Å². The first kappa shape index (κ1) is 12.6. The highest BCUT2D eigenvalue weighted by Crippen LogP contribution is 2.15. The summed E-state index contributed by atoms with van der Waals surface area (Å²) in [5, 5.41) is 3.81. The van der Waals surface area contributed by atoms with Crippen LogP contribution in [0.25, 0.3) is 0 Å². The molecule has 0 aliphatic heterocycles. The van der Waals surface area contributed by atoms with E-state index < -0.39 is 0 Å². The van der Waals surface area contributed by atoms with Crippen molar-refractivity contribution in [2.24, 2.45) is 0 Å². The molecular weight excluding hydrogens is 246 g/mol. The minimum atomic E-state index is 0.476. The minimum absolute atomic E-state index is 0.476. The number of hydrogen-bond acceptors (Lipinski definition) is 5. The molecule has 18 heavy (non-hydrogen) atoms. The van der Waals surface area contributed by atoms with Crippen molar-refractivity contribution in [1.82, 2.24) is 9.97 Å². The molecule has 0 atom stereocenters. The molecule has 0 unspecified atom stereocenters. The Bertz CT molecular complexity index is 531. The second-order valence-electron chi connectivity index (χ2n) is 3.62. The van der Waals surface area contributed by atoms with Crippen LogP contribution < -0.4 is 5.32 Å². The summed E-state index contributed by atoms with van der Waals surface area (Å²) >= 11 is 1.45. The first-order chi connectivity index (χ1) is 8.83. The number of aromatic nitrogens is 2. The second-order valence-corrected chi connectivity index (χ2v) is 4.39. The van der Waals surface area contributed by atoms with Crippen LogP contribution in [0, 0.1) is 0 Å². The van der Waals surface area contributed by atoms with Gasteiger partial charge in [-0.05, 0) is 11.8 Å². The van der Waals surface area contributed by atoms with Gasteiger partial charge in [0.25, 0.3) is 0 Å². The largest absolute Gasteiger partial charge is 0.365 e.